The van der Waals surface area contributed by atoms with Crippen molar-refractivity contribution >= 4 is 5.91 Å². The monoisotopic (exact) mass is 930 g/mol. The van der Waals surface area contributed by atoms with Gasteiger partial charge in [0.1, 0.15) is 48.8 Å². The molecule has 2 rings (SSSR count). The van der Waals surface area contributed by atoms with Crippen molar-refractivity contribution in [1.82, 2.24) is 5.32 Å². The Kier molecular flexibility index (Phi) is 35.1. The van der Waals surface area contributed by atoms with Crippen LogP contribution in [0.5, 0.6) is 0 Å². The lowest BCUT2D eigenvalue weighted by atomic mass is 9.97. The quantitative estimate of drug-likeness (QED) is 0.0225. The second-order valence-electron chi connectivity index (χ2n) is 18.6. The van der Waals surface area contributed by atoms with Gasteiger partial charge in [0, 0.05) is 6.42 Å². The lowest BCUT2D eigenvalue weighted by molar-refractivity contribution is -0.359. The summed E-state index contributed by atoms with van der Waals surface area (Å²) in [6.07, 6.45) is 24.9. The molecule has 2 fully saturated rings. The number of amides is 1. The number of hydrogen-bond acceptors (Lipinski definition) is 13. The molecule has 9 N–H and O–H groups in total. The largest absolute Gasteiger partial charge is 0.394 e. The molecule has 0 radical (unpaired) electrons. The predicted molar refractivity (Wildman–Crippen MR) is 254 cm³/mol. The molecule has 14 heteroatoms. The third-order valence-corrected chi connectivity index (χ3v) is 12.9. The third-order valence-electron chi connectivity index (χ3n) is 12.9. The van der Waals surface area contributed by atoms with Crippen LogP contribution >= 0.6 is 0 Å². The Morgan fingerprint density at radius 2 is 0.969 bits per heavy atom. The molecule has 0 bridgehead atoms. The van der Waals surface area contributed by atoms with Crippen LogP contribution in [-0.4, -0.2) is 140 Å². The standard InChI is InChI=1S/C51H95NO13/c1-3-5-7-9-11-13-15-17-19-21-23-25-27-29-31-33-35-43(56)52-39(40(55)34-32-30-28-26-24-22-20-18-16-14-12-10-8-6-4-2)38-62-50-48(61)46(59)49(42(37-54)64-50)65-51-47(60)45(58)44(57)41(36-53)63-51/h19,21,32,34,39-42,44-51,53-55,57-61H,3-18,20,22-31,33,35-38H2,1-2H3,(H,52,56)/b21-19-,34-32+. The smallest absolute Gasteiger partial charge is 0.220 e. The Hall–Kier alpha value is -1.53. The fourth-order valence-electron chi connectivity index (χ4n) is 8.58. The molecule has 0 aromatic heterocycles. The molecular weight excluding hydrogens is 835 g/mol. The normalized spacial score (nSPS) is 27.2. The van der Waals surface area contributed by atoms with E-state index in [9.17, 15) is 45.6 Å². The van der Waals surface area contributed by atoms with E-state index in [0.717, 1.165) is 57.8 Å². The van der Waals surface area contributed by atoms with Crippen molar-refractivity contribution in [2.75, 3.05) is 19.8 Å². The first-order chi connectivity index (χ1) is 31.6. The summed E-state index contributed by atoms with van der Waals surface area (Å²) in [6.45, 7) is 2.78. The number of aliphatic hydroxyl groups excluding tert-OH is 8. The maximum Gasteiger partial charge on any atom is 0.220 e. The molecule has 0 spiro atoms. The molecule has 2 aliphatic heterocycles. The number of hydrogen-bond donors (Lipinski definition) is 9. The number of carbonyl (C=O) groups excluding carboxylic acids is 1. The van der Waals surface area contributed by atoms with Gasteiger partial charge in [0.2, 0.25) is 5.91 Å². The maximum atomic E-state index is 13.2. The molecule has 1 amide bonds. The minimum absolute atomic E-state index is 0.248. The van der Waals surface area contributed by atoms with Crippen molar-refractivity contribution in [3.8, 4) is 0 Å². The zero-order valence-corrected chi connectivity index (χ0v) is 40.5. The van der Waals surface area contributed by atoms with Crippen LogP contribution < -0.4 is 5.32 Å². The van der Waals surface area contributed by atoms with Gasteiger partial charge in [-0.1, -0.05) is 173 Å². The molecule has 0 aromatic rings. The van der Waals surface area contributed by atoms with E-state index in [0.29, 0.717) is 6.42 Å². The van der Waals surface area contributed by atoms with Crippen molar-refractivity contribution in [2.24, 2.45) is 0 Å². The number of ether oxygens (including phenoxy) is 4. The summed E-state index contributed by atoms with van der Waals surface area (Å²) in [4.78, 5) is 13.2. The van der Waals surface area contributed by atoms with Crippen LogP contribution in [0.4, 0.5) is 0 Å². The summed E-state index contributed by atoms with van der Waals surface area (Å²) < 4.78 is 22.7. The Bertz CT molecular complexity index is 1190. The molecule has 2 aliphatic rings. The minimum Gasteiger partial charge on any atom is -0.394 e. The first-order valence-corrected chi connectivity index (χ1v) is 26.1. The van der Waals surface area contributed by atoms with E-state index in [-0.39, 0.29) is 18.9 Å². The lowest BCUT2D eigenvalue weighted by Gasteiger charge is -2.46. The van der Waals surface area contributed by atoms with Gasteiger partial charge < -0.3 is 65.1 Å². The van der Waals surface area contributed by atoms with E-state index < -0.39 is 86.8 Å². The van der Waals surface area contributed by atoms with Gasteiger partial charge in [-0.3, -0.25) is 4.79 Å². The number of carbonyl (C=O) groups is 1. The van der Waals surface area contributed by atoms with Gasteiger partial charge in [-0.2, -0.15) is 0 Å². The molecule has 0 saturated carbocycles. The molecule has 2 saturated heterocycles. The Morgan fingerprint density at radius 1 is 0.538 bits per heavy atom. The van der Waals surface area contributed by atoms with Gasteiger partial charge in [0.05, 0.1) is 32.0 Å². The van der Waals surface area contributed by atoms with Gasteiger partial charge in [-0.05, 0) is 44.9 Å². The number of unbranched alkanes of at least 4 members (excludes halogenated alkanes) is 25. The number of allylic oxidation sites excluding steroid dienone is 3. The molecule has 0 aromatic carbocycles. The van der Waals surface area contributed by atoms with Crippen LogP contribution in [-0.2, 0) is 23.7 Å². The average molecular weight is 930 g/mol. The highest BCUT2D eigenvalue weighted by molar-refractivity contribution is 5.76. The summed E-state index contributed by atoms with van der Waals surface area (Å²) in [5.74, 6) is -0.248. The van der Waals surface area contributed by atoms with Crippen LogP contribution in [0.25, 0.3) is 0 Å². The van der Waals surface area contributed by atoms with Crippen molar-refractivity contribution in [3.05, 3.63) is 24.3 Å². The highest BCUT2D eigenvalue weighted by Crippen LogP contribution is 2.30. The molecule has 12 unspecified atom stereocenters. The molecule has 65 heavy (non-hydrogen) atoms. The highest BCUT2D eigenvalue weighted by Gasteiger charge is 2.51. The van der Waals surface area contributed by atoms with E-state index in [1.165, 1.54) is 116 Å². The van der Waals surface area contributed by atoms with Gasteiger partial charge in [0.25, 0.3) is 0 Å². The van der Waals surface area contributed by atoms with E-state index in [1.807, 2.05) is 6.08 Å². The van der Waals surface area contributed by atoms with E-state index in [2.05, 4.69) is 31.3 Å². The fraction of sp³-hybridized carbons (Fsp3) is 0.902. The number of rotatable bonds is 40. The van der Waals surface area contributed by atoms with Gasteiger partial charge in [-0.15, -0.1) is 0 Å². The summed E-state index contributed by atoms with van der Waals surface area (Å²) in [5, 5.41) is 86.7. The molecule has 2 heterocycles. The van der Waals surface area contributed by atoms with Crippen LogP contribution in [0.1, 0.15) is 200 Å². The molecular formula is C51H95NO13. The minimum atomic E-state index is -1.79. The number of aliphatic hydroxyl groups is 8. The van der Waals surface area contributed by atoms with Gasteiger partial charge in [0.15, 0.2) is 12.6 Å². The van der Waals surface area contributed by atoms with Crippen LogP contribution in [0, 0.1) is 0 Å². The van der Waals surface area contributed by atoms with Gasteiger partial charge in [-0.25, -0.2) is 0 Å². The third kappa shape index (κ3) is 25.6. The molecule has 14 nitrogen and oxygen atoms in total. The summed E-state index contributed by atoms with van der Waals surface area (Å²) in [6, 6.07) is -0.915. The number of nitrogens with one attached hydrogen (secondary N) is 1. The molecule has 12 atom stereocenters. The zero-order valence-electron chi connectivity index (χ0n) is 40.5. The Morgan fingerprint density at radius 3 is 1.46 bits per heavy atom. The SMILES string of the molecule is CCCCCCCCC/C=C\CCCCCCCC(=O)NC(COC1OC(CO)C(OC2OC(CO)C(O)C(O)C2O)C(O)C1O)C(O)/C=C/CCCCCCCCCCCCCCC. The van der Waals surface area contributed by atoms with E-state index >= 15 is 0 Å². The first kappa shape index (κ1) is 59.6. The van der Waals surface area contributed by atoms with Gasteiger partial charge >= 0.3 is 0 Å². The van der Waals surface area contributed by atoms with Crippen molar-refractivity contribution < 1.29 is 64.6 Å². The fourth-order valence-corrected chi connectivity index (χ4v) is 8.58. The summed E-state index contributed by atoms with van der Waals surface area (Å²) in [7, 11) is 0. The average Bonchev–Trinajstić information content (AvgIpc) is 3.30. The summed E-state index contributed by atoms with van der Waals surface area (Å²) >= 11 is 0. The van der Waals surface area contributed by atoms with Crippen molar-refractivity contribution in [3.63, 3.8) is 0 Å². The Balaban J connectivity index is 1.85. The highest BCUT2D eigenvalue weighted by atomic mass is 16.7. The second kappa shape index (κ2) is 38.3. The maximum absolute atomic E-state index is 13.2. The van der Waals surface area contributed by atoms with Crippen LogP contribution in [0.15, 0.2) is 24.3 Å². The lowest BCUT2D eigenvalue weighted by Crippen LogP contribution is -2.65. The predicted octanol–water partition coefficient (Wildman–Crippen LogP) is 6.94. The topological polar surface area (TPSA) is 228 Å². The van der Waals surface area contributed by atoms with Crippen molar-refractivity contribution in [1.29, 1.82) is 0 Å². The van der Waals surface area contributed by atoms with E-state index in [1.54, 1.807) is 6.08 Å². The molecule has 0 aliphatic carbocycles. The zero-order chi connectivity index (χ0) is 47.5. The van der Waals surface area contributed by atoms with Crippen LogP contribution in [0.2, 0.25) is 0 Å². The second-order valence-corrected chi connectivity index (χ2v) is 18.6. The summed E-state index contributed by atoms with van der Waals surface area (Å²) in [5.41, 5.74) is 0. The first-order valence-electron chi connectivity index (χ1n) is 26.1. The molecule has 382 valence electrons. The van der Waals surface area contributed by atoms with E-state index in [4.69, 9.17) is 18.9 Å². The van der Waals surface area contributed by atoms with Crippen LogP contribution in [0.3, 0.4) is 0 Å². The van der Waals surface area contributed by atoms with Crippen molar-refractivity contribution in [2.45, 2.75) is 274 Å². The Labute approximate surface area is 392 Å².